The summed E-state index contributed by atoms with van der Waals surface area (Å²) in [7, 11) is 0. The number of hydrogen-bond acceptors (Lipinski definition) is 4. The first-order valence-electron chi connectivity index (χ1n) is 6.95. The van der Waals surface area contributed by atoms with E-state index in [9.17, 15) is 0 Å². The van der Waals surface area contributed by atoms with Crippen LogP contribution in [0.15, 0.2) is 4.52 Å². The molecule has 2 aliphatic rings. The van der Waals surface area contributed by atoms with E-state index in [-0.39, 0.29) is 0 Å². The molecule has 94 valence electrons. The summed E-state index contributed by atoms with van der Waals surface area (Å²) in [5.74, 6) is 3.14. The van der Waals surface area contributed by atoms with Crippen molar-refractivity contribution in [2.24, 2.45) is 5.92 Å². The molecule has 1 aromatic heterocycles. The van der Waals surface area contributed by atoms with Crippen molar-refractivity contribution in [1.82, 2.24) is 15.5 Å². The van der Waals surface area contributed by atoms with Crippen molar-refractivity contribution in [2.45, 2.75) is 57.4 Å². The molecule has 17 heavy (non-hydrogen) atoms. The fourth-order valence-electron chi connectivity index (χ4n) is 2.57. The minimum atomic E-state index is 0.546. The average Bonchev–Trinajstić information content (AvgIpc) is 3.07. The van der Waals surface area contributed by atoms with Crippen LogP contribution in [0.1, 0.15) is 62.6 Å². The molecule has 4 heteroatoms. The zero-order valence-corrected chi connectivity index (χ0v) is 10.3. The molecule has 1 heterocycles. The molecule has 2 saturated carbocycles. The van der Waals surface area contributed by atoms with Crippen LogP contribution in [0.4, 0.5) is 0 Å². The van der Waals surface area contributed by atoms with E-state index in [0.717, 1.165) is 30.7 Å². The average molecular weight is 235 g/mol. The highest BCUT2D eigenvalue weighted by molar-refractivity contribution is 4.96. The van der Waals surface area contributed by atoms with Gasteiger partial charge in [0, 0.05) is 5.92 Å². The third-order valence-electron chi connectivity index (χ3n) is 3.86. The molecular formula is C13H21N3O. The molecule has 0 bridgehead atoms. The van der Waals surface area contributed by atoms with Crippen LogP contribution < -0.4 is 5.32 Å². The molecule has 4 nitrogen and oxygen atoms in total. The minimum absolute atomic E-state index is 0.546. The second-order valence-corrected chi connectivity index (χ2v) is 5.46. The van der Waals surface area contributed by atoms with Crippen molar-refractivity contribution < 1.29 is 4.52 Å². The Balaban J connectivity index is 1.49. The lowest BCUT2D eigenvalue weighted by atomic mass is 9.89. The molecule has 0 radical (unpaired) electrons. The second-order valence-electron chi connectivity index (χ2n) is 5.46. The number of hydrogen-bond donors (Lipinski definition) is 1. The minimum Gasteiger partial charge on any atom is -0.338 e. The van der Waals surface area contributed by atoms with Gasteiger partial charge in [0.15, 0.2) is 5.82 Å². The van der Waals surface area contributed by atoms with E-state index < -0.39 is 0 Å². The smallest absolute Gasteiger partial charge is 0.240 e. The van der Waals surface area contributed by atoms with Gasteiger partial charge in [-0.2, -0.15) is 4.98 Å². The lowest BCUT2D eigenvalue weighted by molar-refractivity contribution is 0.350. The van der Waals surface area contributed by atoms with Crippen LogP contribution in [0.3, 0.4) is 0 Å². The summed E-state index contributed by atoms with van der Waals surface area (Å²) in [6, 6.07) is 0. The second kappa shape index (κ2) is 5.17. The molecule has 0 saturated heterocycles. The van der Waals surface area contributed by atoms with E-state index in [2.05, 4.69) is 15.5 Å². The first-order chi connectivity index (χ1) is 8.42. The number of rotatable bonds is 5. The van der Waals surface area contributed by atoms with E-state index in [1.165, 1.54) is 44.9 Å². The summed E-state index contributed by atoms with van der Waals surface area (Å²) in [6.07, 6.45) is 9.21. The number of aromatic nitrogens is 2. The molecule has 1 aromatic rings. The van der Waals surface area contributed by atoms with Gasteiger partial charge in [-0.1, -0.05) is 24.4 Å². The summed E-state index contributed by atoms with van der Waals surface area (Å²) in [5, 5.41) is 7.51. The molecule has 0 aliphatic heterocycles. The van der Waals surface area contributed by atoms with Gasteiger partial charge in [0.25, 0.3) is 0 Å². The maximum absolute atomic E-state index is 5.30. The molecular weight excluding hydrogens is 214 g/mol. The highest BCUT2D eigenvalue weighted by Crippen LogP contribution is 2.31. The maximum Gasteiger partial charge on any atom is 0.240 e. The molecule has 3 rings (SSSR count). The van der Waals surface area contributed by atoms with Gasteiger partial charge < -0.3 is 9.84 Å². The monoisotopic (exact) mass is 235 g/mol. The van der Waals surface area contributed by atoms with Gasteiger partial charge in [0.2, 0.25) is 5.89 Å². The Kier molecular flexibility index (Phi) is 3.41. The van der Waals surface area contributed by atoms with E-state index in [1.807, 2.05) is 0 Å². The van der Waals surface area contributed by atoms with Crippen molar-refractivity contribution in [3.8, 4) is 0 Å². The number of nitrogens with zero attached hydrogens (tertiary/aromatic N) is 2. The van der Waals surface area contributed by atoms with Crippen LogP contribution >= 0.6 is 0 Å². The molecule has 0 aromatic carbocycles. The summed E-state index contributed by atoms with van der Waals surface area (Å²) in [4.78, 5) is 4.51. The van der Waals surface area contributed by atoms with E-state index >= 15 is 0 Å². The summed E-state index contributed by atoms with van der Waals surface area (Å²) in [6.45, 7) is 1.83. The highest BCUT2D eigenvalue weighted by Gasteiger charge is 2.22. The first kappa shape index (κ1) is 11.2. The van der Waals surface area contributed by atoms with Crippen LogP contribution in [-0.4, -0.2) is 16.7 Å². The molecule has 1 N–H and O–H groups in total. The fraction of sp³-hybridized carbons (Fsp3) is 0.846. The molecule has 2 fully saturated rings. The van der Waals surface area contributed by atoms with Crippen LogP contribution in [0.25, 0.3) is 0 Å². The lowest BCUT2D eigenvalue weighted by Gasteiger charge is -2.17. The van der Waals surface area contributed by atoms with Crippen molar-refractivity contribution in [3.05, 3.63) is 11.7 Å². The van der Waals surface area contributed by atoms with E-state index in [0.29, 0.717) is 5.92 Å². The van der Waals surface area contributed by atoms with Gasteiger partial charge in [0.05, 0.1) is 6.54 Å². The predicted molar refractivity (Wildman–Crippen MR) is 64.6 cm³/mol. The molecule has 0 unspecified atom stereocenters. The first-order valence-corrected chi connectivity index (χ1v) is 6.95. The van der Waals surface area contributed by atoms with E-state index in [4.69, 9.17) is 4.52 Å². The Hall–Kier alpha value is -0.900. The Bertz CT molecular complexity index is 353. The normalized spacial score (nSPS) is 21.9. The highest BCUT2D eigenvalue weighted by atomic mass is 16.5. The van der Waals surface area contributed by atoms with Gasteiger partial charge in [-0.15, -0.1) is 0 Å². The maximum atomic E-state index is 5.30. The Morgan fingerprint density at radius 3 is 2.71 bits per heavy atom. The summed E-state index contributed by atoms with van der Waals surface area (Å²) in [5.41, 5.74) is 0. The zero-order valence-electron chi connectivity index (χ0n) is 10.3. The SMILES string of the molecule is C1CCC(c2noc(CNCC3CC3)n2)CC1. The van der Waals surface area contributed by atoms with Crippen LogP contribution in [0.2, 0.25) is 0 Å². The van der Waals surface area contributed by atoms with Gasteiger partial charge in [-0.3, -0.25) is 0 Å². The van der Waals surface area contributed by atoms with E-state index in [1.54, 1.807) is 0 Å². The van der Waals surface area contributed by atoms with Crippen LogP contribution in [-0.2, 0) is 6.54 Å². The molecule has 0 amide bonds. The largest absolute Gasteiger partial charge is 0.338 e. The summed E-state index contributed by atoms with van der Waals surface area (Å²) < 4.78 is 5.30. The van der Waals surface area contributed by atoms with Crippen LogP contribution in [0, 0.1) is 5.92 Å². The quantitative estimate of drug-likeness (QED) is 0.852. The molecule has 2 aliphatic carbocycles. The fourth-order valence-corrected chi connectivity index (χ4v) is 2.57. The van der Waals surface area contributed by atoms with Crippen molar-refractivity contribution >= 4 is 0 Å². The van der Waals surface area contributed by atoms with Gasteiger partial charge in [0.1, 0.15) is 0 Å². The van der Waals surface area contributed by atoms with Crippen LogP contribution in [0.5, 0.6) is 0 Å². The third-order valence-corrected chi connectivity index (χ3v) is 3.86. The van der Waals surface area contributed by atoms with Crippen molar-refractivity contribution in [3.63, 3.8) is 0 Å². The predicted octanol–water partition coefficient (Wildman–Crippen LogP) is 2.62. The molecule has 0 atom stereocenters. The van der Waals surface area contributed by atoms with Crippen molar-refractivity contribution in [2.75, 3.05) is 6.54 Å². The van der Waals surface area contributed by atoms with Gasteiger partial charge in [-0.05, 0) is 38.1 Å². The molecule has 0 spiro atoms. The summed E-state index contributed by atoms with van der Waals surface area (Å²) >= 11 is 0. The Morgan fingerprint density at radius 2 is 1.94 bits per heavy atom. The van der Waals surface area contributed by atoms with Crippen molar-refractivity contribution in [1.29, 1.82) is 0 Å². The topological polar surface area (TPSA) is 51.0 Å². The Labute approximate surface area is 102 Å². The standard InChI is InChI=1S/C13H21N3O/c1-2-4-11(5-3-1)13-15-12(17-16-13)9-14-8-10-6-7-10/h10-11,14H,1-9H2. The van der Waals surface area contributed by atoms with Gasteiger partial charge >= 0.3 is 0 Å². The third kappa shape index (κ3) is 3.06. The van der Waals surface area contributed by atoms with Gasteiger partial charge in [-0.25, -0.2) is 0 Å². The zero-order chi connectivity index (χ0) is 11.5. The Morgan fingerprint density at radius 1 is 1.12 bits per heavy atom. The number of nitrogens with one attached hydrogen (secondary N) is 1. The lowest BCUT2D eigenvalue weighted by Crippen LogP contribution is -2.16.